The number of benzene rings is 1. The number of hydrogen-bond donors (Lipinski definition) is 1. The zero-order valence-electron chi connectivity index (χ0n) is 11.5. The van der Waals surface area contributed by atoms with Crippen molar-refractivity contribution in [1.29, 1.82) is 0 Å². The molecule has 3 aromatic rings. The zero-order chi connectivity index (χ0) is 14.8. The van der Waals surface area contributed by atoms with Gasteiger partial charge in [-0.05, 0) is 29.3 Å². The Bertz CT molecular complexity index is 847. The normalized spacial score (nSPS) is 11.3. The summed E-state index contributed by atoms with van der Waals surface area (Å²) in [4.78, 5) is 15.4. The molecule has 0 aliphatic heterocycles. The molecular weight excluding hydrogens is 264 g/mol. The van der Waals surface area contributed by atoms with Crippen molar-refractivity contribution < 1.29 is 9.90 Å². The van der Waals surface area contributed by atoms with E-state index >= 15 is 0 Å². The summed E-state index contributed by atoms with van der Waals surface area (Å²) in [7, 11) is 1.72. The molecule has 2 heterocycles. The molecule has 4 heteroatoms. The maximum Gasteiger partial charge on any atom is 0.352 e. The van der Waals surface area contributed by atoms with Crippen LogP contribution in [0.3, 0.4) is 0 Å². The predicted octanol–water partition coefficient (Wildman–Crippen LogP) is 3.44. The molecule has 3 rings (SSSR count). The standard InChI is InChI=1S/C17H14N2O2/c1-19-11-13(9-16(19)17(20)21)7-6-12-8-14-4-2-3-5-15(14)18-10-12/h2-11H,1H3,(H,20,21)/b7-6+. The lowest BCUT2D eigenvalue weighted by Crippen LogP contribution is -2.02. The number of aryl methyl sites for hydroxylation is 1. The monoisotopic (exact) mass is 278 g/mol. The minimum atomic E-state index is -0.926. The van der Waals surface area contributed by atoms with Crippen LogP contribution in [0.4, 0.5) is 0 Å². The average molecular weight is 278 g/mol. The molecule has 0 fully saturated rings. The van der Waals surface area contributed by atoms with Gasteiger partial charge in [0.25, 0.3) is 0 Å². The topological polar surface area (TPSA) is 55.1 Å². The molecule has 0 radical (unpaired) electrons. The largest absolute Gasteiger partial charge is 0.477 e. The number of aromatic nitrogens is 2. The number of rotatable bonds is 3. The molecule has 4 nitrogen and oxygen atoms in total. The van der Waals surface area contributed by atoms with Crippen molar-refractivity contribution in [2.45, 2.75) is 0 Å². The fourth-order valence-electron chi connectivity index (χ4n) is 2.27. The molecule has 0 unspecified atom stereocenters. The Morgan fingerprint density at radius 3 is 2.71 bits per heavy atom. The first kappa shape index (κ1) is 13.1. The maximum atomic E-state index is 11.0. The summed E-state index contributed by atoms with van der Waals surface area (Å²) < 4.78 is 1.60. The lowest BCUT2D eigenvalue weighted by Gasteiger charge is -1.97. The number of hydrogen-bond acceptors (Lipinski definition) is 2. The maximum absolute atomic E-state index is 11.0. The predicted molar refractivity (Wildman–Crippen MR) is 83.0 cm³/mol. The first-order valence-electron chi connectivity index (χ1n) is 6.56. The van der Waals surface area contributed by atoms with E-state index in [2.05, 4.69) is 11.1 Å². The Balaban J connectivity index is 1.90. The Morgan fingerprint density at radius 1 is 1.19 bits per heavy atom. The van der Waals surface area contributed by atoms with Crippen LogP contribution in [0.25, 0.3) is 23.1 Å². The van der Waals surface area contributed by atoms with Gasteiger partial charge in [0.1, 0.15) is 5.69 Å². The molecule has 0 saturated heterocycles. The van der Waals surface area contributed by atoms with E-state index in [9.17, 15) is 4.79 Å². The number of carboxylic acid groups (broad SMARTS) is 1. The number of carboxylic acids is 1. The van der Waals surface area contributed by atoms with Crippen molar-refractivity contribution in [2.75, 3.05) is 0 Å². The van der Waals surface area contributed by atoms with Crippen LogP contribution in [0, 0.1) is 0 Å². The van der Waals surface area contributed by atoms with Crippen molar-refractivity contribution in [3.8, 4) is 0 Å². The summed E-state index contributed by atoms with van der Waals surface area (Å²) in [6, 6.07) is 11.6. The van der Waals surface area contributed by atoms with Gasteiger partial charge < -0.3 is 9.67 Å². The average Bonchev–Trinajstić information content (AvgIpc) is 2.86. The highest BCUT2D eigenvalue weighted by Gasteiger charge is 2.08. The summed E-state index contributed by atoms with van der Waals surface area (Å²) >= 11 is 0. The molecule has 21 heavy (non-hydrogen) atoms. The number of pyridine rings is 1. The highest BCUT2D eigenvalue weighted by molar-refractivity contribution is 5.88. The van der Waals surface area contributed by atoms with Gasteiger partial charge in [0.2, 0.25) is 0 Å². The lowest BCUT2D eigenvalue weighted by molar-refractivity contribution is 0.0686. The summed E-state index contributed by atoms with van der Waals surface area (Å²) in [6.45, 7) is 0. The second-order valence-corrected chi connectivity index (χ2v) is 4.87. The highest BCUT2D eigenvalue weighted by atomic mass is 16.4. The molecule has 104 valence electrons. The highest BCUT2D eigenvalue weighted by Crippen LogP contribution is 2.16. The van der Waals surface area contributed by atoms with Crippen LogP contribution in [0.1, 0.15) is 21.6 Å². The van der Waals surface area contributed by atoms with Crippen molar-refractivity contribution in [2.24, 2.45) is 7.05 Å². The fourth-order valence-corrected chi connectivity index (χ4v) is 2.27. The molecule has 1 N–H and O–H groups in total. The minimum Gasteiger partial charge on any atom is -0.477 e. The van der Waals surface area contributed by atoms with E-state index < -0.39 is 5.97 Å². The van der Waals surface area contributed by atoms with E-state index in [0.717, 1.165) is 22.0 Å². The Kier molecular flexibility index (Phi) is 3.28. The number of aromatic carboxylic acids is 1. The van der Waals surface area contributed by atoms with Crippen LogP contribution in [0.5, 0.6) is 0 Å². The van der Waals surface area contributed by atoms with E-state index in [1.165, 1.54) is 0 Å². The molecule has 0 aliphatic carbocycles. The van der Waals surface area contributed by atoms with Gasteiger partial charge in [-0.1, -0.05) is 30.4 Å². The summed E-state index contributed by atoms with van der Waals surface area (Å²) in [5.74, 6) is -0.926. The third-order valence-corrected chi connectivity index (χ3v) is 3.33. The zero-order valence-corrected chi connectivity index (χ0v) is 11.5. The SMILES string of the molecule is Cn1cc(/C=C/c2cnc3ccccc3c2)cc1C(=O)O. The van der Waals surface area contributed by atoms with Crippen molar-refractivity contribution >= 4 is 29.0 Å². The van der Waals surface area contributed by atoms with Gasteiger partial charge in [-0.15, -0.1) is 0 Å². The van der Waals surface area contributed by atoms with Gasteiger partial charge in [0.15, 0.2) is 0 Å². The molecule has 2 aromatic heterocycles. The first-order valence-corrected chi connectivity index (χ1v) is 6.56. The molecule has 0 saturated carbocycles. The van der Waals surface area contributed by atoms with Gasteiger partial charge in [0.05, 0.1) is 5.52 Å². The van der Waals surface area contributed by atoms with Gasteiger partial charge >= 0.3 is 5.97 Å². The Labute approximate surface area is 122 Å². The van der Waals surface area contributed by atoms with E-state index in [1.54, 1.807) is 30.1 Å². The Hall–Kier alpha value is -2.88. The van der Waals surface area contributed by atoms with Crippen molar-refractivity contribution in [3.05, 3.63) is 65.6 Å². The lowest BCUT2D eigenvalue weighted by atomic mass is 10.1. The van der Waals surface area contributed by atoms with Gasteiger partial charge in [-0.2, -0.15) is 0 Å². The molecule has 1 aromatic carbocycles. The number of nitrogens with zero attached hydrogens (tertiary/aromatic N) is 2. The van der Waals surface area contributed by atoms with Crippen LogP contribution in [-0.4, -0.2) is 20.6 Å². The van der Waals surface area contributed by atoms with Gasteiger partial charge in [-0.25, -0.2) is 4.79 Å². The van der Waals surface area contributed by atoms with Crippen LogP contribution >= 0.6 is 0 Å². The second kappa shape index (κ2) is 5.25. The smallest absolute Gasteiger partial charge is 0.352 e. The number of fused-ring (bicyclic) bond motifs is 1. The number of carbonyl (C=O) groups is 1. The number of para-hydroxylation sites is 1. The quantitative estimate of drug-likeness (QED) is 0.798. The van der Waals surface area contributed by atoms with Gasteiger partial charge in [-0.3, -0.25) is 4.98 Å². The van der Waals surface area contributed by atoms with Crippen molar-refractivity contribution in [1.82, 2.24) is 9.55 Å². The van der Waals surface area contributed by atoms with Crippen LogP contribution < -0.4 is 0 Å². The molecule has 0 aliphatic rings. The molecule has 0 amide bonds. The summed E-state index contributed by atoms with van der Waals surface area (Å²) in [5, 5.41) is 10.1. The van der Waals surface area contributed by atoms with Gasteiger partial charge in [0, 0.05) is 24.8 Å². The van der Waals surface area contributed by atoms with Crippen LogP contribution in [0.2, 0.25) is 0 Å². The van der Waals surface area contributed by atoms with Crippen molar-refractivity contribution in [3.63, 3.8) is 0 Å². The minimum absolute atomic E-state index is 0.270. The van der Waals surface area contributed by atoms with Crippen LogP contribution in [-0.2, 0) is 7.05 Å². The fraction of sp³-hybridized carbons (Fsp3) is 0.0588. The molecular formula is C17H14N2O2. The third kappa shape index (κ3) is 2.69. The Morgan fingerprint density at radius 2 is 1.95 bits per heavy atom. The second-order valence-electron chi connectivity index (χ2n) is 4.87. The molecule has 0 spiro atoms. The van der Waals surface area contributed by atoms with E-state index in [-0.39, 0.29) is 5.69 Å². The first-order chi connectivity index (χ1) is 10.1. The molecule has 0 bridgehead atoms. The van der Waals surface area contributed by atoms with E-state index in [0.29, 0.717) is 0 Å². The van der Waals surface area contributed by atoms with E-state index in [1.807, 2.05) is 36.4 Å². The van der Waals surface area contributed by atoms with E-state index in [4.69, 9.17) is 5.11 Å². The van der Waals surface area contributed by atoms with Crippen LogP contribution in [0.15, 0.2) is 48.8 Å². The summed E-state index contributed by atoms with van der Waals surface area (Å²) in [5.41, 5.74) is 3.06. The third-order valence-electron chi connectivity index (χ3n) is 3.33. The summed E-state index contributed by atoms with van der Waals surface area (Å²) in [6.07, 6.45) is 7.41. The molecule has 0 atom stereocenters.